The smallest absolute Gasteiger partial charge is 0.376 e. The zero-order valence-electron chi connectivity index (χ0n) is 17.2. The molecule has 0 radical (unpaired) electrons. The monoisotopic (exact) mass is 405 g/mol. The van der Waals surface area contributed by atoms with Crippen LogP contribution in [0.25, 0.3) is 22.9 Å². The maximum absolute atomic E-state index is 6.03. The lowest BCUT2D eigenvalue weighted by Crippen LogP contribution is -2.36. The SMILES string of the molecule is Cn1cnc2c1C(=Cc1oc3ccccc3[n+]1C)N=CN2CCCNC1=NCCN1. The molecule has 0 fully saturated rings. The van der Waals surface area contributed by atoms with E-state index < -0.39 is 0 Å². The van der Waals surface area contributed by atoms with Crippen molar-refractivity contribution in [3.63, 3.8) is 0 Å². The topological polar surface area (TPSA) is 86.9 Å². The highest BCUT2D eigenvalue weighted by atomic mass is 16.3. The van der Waals surface area contributed by atoms with Gasteiger partial charge in [-0.3, -0.25) is 4.99 Å². The number of rotatable bonds is 5. The summed E-state index contributed by atoms with van der Waals surface area (Å²) in [7, 11) is 3.99. The molecule has 0 amide bonds. The quantitative estimate of drug-likeness (QED) is 0.493. The van der Waals surface area contributed by atoms with Crippen molar-refractivity contribution in [2.24, 2.45) is 24.1 Å². The minimum Gasteiger partial charge on any atom is -0.398 e. The third-order valence-corrected chi connectivity index (χ3v) is 5.34. The third kappa shape index (κ3) is 3.32. The van der Waals surface area contributed by atoms with Crippen LogP contribution in [0.1, 0.15) is 18.0 Å². The second-order valence-corrected chi connectivity index (χ2v) is 7.40. The molecule has 0 atom stereocenters. The molecule has 9 nitrogen and oxygen atoms in total. The fourth-order valence-electron chi connectivity index (χ4n) is 3.78. The average Bonchev–Trinajstić information content (AvgIpc) is 3.48. The fourth-order valence-corrected chi connectivity index (χ4v) is 3.78. The summed E-state index contributed by atoms with van der Waals surface area (Å²) in [5, 5.41) is 6.55. The number of hydrogen-bond acceptors (Lipinski definition) is 7. The minimum absolute atomic E-state index is 0.748. The molecule has 2 aliphatic heterocycles. The molecule has 0 saturated carbocycles. The Morgan fingerprint density at radius 3 is 3.07 bits per heavy atom. The number of hydrogen-bond donors (Lipinski definition) is 2. The largest absolute Gasteiger partial charge is 0.398 e. The Hall–Kier alpha value is -3.62. The summed E-state index contributed by atoms with van der Waals surface area (Å²) in [5.41, 5.74) is 3.71. The van der Waals surface area contributed by atoms with Crippen LogP contribution in [-0.2, 0) is 14.1 Å². The van der Waals surface area contributed by atoms with Crippen LogP contribution in [0, 0.1) is 0 Å². The molecule has 5 rings (SSSR count). The Kier molecular flexibility index (Phi) is 4.70. The number of aliphatic imine (C=N–C) groups is 2. The van der Waals surface area contributed by atoms with Crippen LogP contribution in [0.5, 0.6) is 0 Å². The molecule has 1 aromatic carbocycles. The highest BCUT2D eigenvalue weighted by molar-refractivity contribution is 5.96. The lowest BCUT2D eigenvalue weighted by Gasteiger charge is -2.23. The summed E-state index contributed by atoms with van der Waals surface area (Å²) in [4.78, 5) is 15.8. The van der Waals surface area contributed by atoms with Gasteiger partial charge in [-0.15, -0.1) is 0 Å². The van der Waals surface area contributed by atoms with Gasteiger partial charge in [-0.1, -0.05) is 12.1 Å². The maximum Gasteiger partial charge on any atom is 0.376 e. The predicted molar refractivity (Wildman–Crippen MR) is 117 cm³/mol. The van der Waals surface area contributed by atoms with Crippen molar-refractivity contribution in [1.29, 1.82) is 0 Å². The van der Waals surface area contributed by atoms with Gasteiger partial charge < -0.3 is 24.5 Å². The first-order chi connectivity index (χ1) is 14.7. The Morgan fingerprint density at radius 1 is 1.33 bits per heavy atom. The molecule has 0 bridgehead atoms. The molecule has 0 aliphatic carbocycles. The zero-order chi connectivity index (χ0) is 20.5. The first-order valence-corrected chi connectivity index (χ1v) is 10.1. The molecule has 3 aromatic rings. The summed E-state index contributed by atoms with van der Waals surface area (Å²) < 4.78 is 10.1. The van der Waals surface area contributed by atoms with Gasteiger partial charge in [0.15, 0.2) is 11.8 Å². The van der Waals surface area contributed by atoms with E-state index in [1.165, 1.54) is 0 Å². The zero-order valence-corrected chi connectivity index (χ0v) is 17.2. The van der Waals surface area contributed by atoms with Crippen molar-refractivity contribution < 1.29 is 8.98 Å². The van der Waals surface area contributed by atoms with E-state index >= 15 is 0 Å². The maximum atomic E-state index is 6.03. The number of nitrogens with zero attached hydrogens (tertiary/aromatic N) is 6. The third-order valence-electron chi connectivity index (χ3n) is 5.34. The van der Waals surface area contributed by atoms with Crippen LogP contribution in [0.4, 0.5) is 5.82 Å². The minimum atomic E-state index is 0.748. The van der Waals surface area contributed by atoms with E-state index in [0.717, 1.165) is 72.8 Å². The van der Waals surface area contributed by atoms with Crippen LogP contribution in [-0.4, -0.2) is 48.0 Å². The first kappa shape index (κ1) is 18.4. The molecule has 4 heterocycles. The molecular formula is C21H25N8O+. The average molecular weight is 405 g/mol. The van der Waals surface area contributed by atoms with E-state index in [4.69, 9.17) is 9.41 Å². The number of benzene rings is 1. The molecule has 2 N–H and O–H groups in total. The Bertz CT molecular complexity index is 1170. The number of fused-ring (bicyclic) bond motifs is 2. The van der Waals surface area contributed by atoms with Crippen molar-refractivity contribution in [3.8, 4) is 0 Å². The lowest BCUT2D eigenvalue weighted by molar-refractivity contribution is -0.651. The molecule has 0 saturated heterocycles. The highest BCUT2D eigenvalue weighted by Gasteiger charge is 2.25. The number of guanidine groups is 1. The van der Waals surface area contributed by atoms with Crippen molar-refractivity contribution >= 4 is 41.0 Å². The number of aryl methyl sites for hydroxylation is 2. The number of para-hydroxylation sites is 2. The Balaban J connectivity index is 1.36. The summed E-state index contributed by atoms with van der Waals surface area (Å²) in [5.74, 6) is 2.55. The van der Waals surface area contributed by atoms with Gasteiger partial charge in [0.05, 0.1) is 25.3 Å². The van der Waals surface area contributed by atoms with E-state index in [2.05, 4.69) is 25.5 Å². The first-order valence-electron chi connectivity index (χ1n) is 10.1. The number of aromatic nitrogens is 3. The Labute approximate surface area is 174 Å². The molecule has 0 spiro atoms. The summed E-state index contributed by atoms with van der Waals surface area (Å²) >= 11 is 0. The van der Waals surface area contributed by atoms with Crippen molar-refractivity contribution in [2.45, 2.75) is 6.42 Å². The van der Waals surface area contributed by atoms with E-state index in [1.807, 2.05) is 66.2 Å². The molecular weight excluding hydrogens is 380 g/mol. The van der Waals surface area contributed by atoms with Crippen LogP contribution in [0.2, 0.25) is 0 Å². The Morgan fingerprint density at radius 2 is 2.23 bits per heavy atom. The van der Waals surface area contributed by atoms with Gasteiger partial charge in [0.2, 0.25) is 5.58 Å². The van der Waals surface area contributed by atoms with E-state index in [0.29, 0.717) is 0 Å². The molecule has 2 aliphatic rings. The summed E-state index contributed by atoms with van der Waals surface area (Å²) in [6.07, 6.45) is 6.60. The van der Waals surface area contributed by atoms with E-state index in [1.54, 1.807) is 0 Å². The number of nitrogens with one attached hydrogen (secondary N) is 2. The fraction of sp³-hybridized carbons (Fsp3) is 0.333. The normalized spacial score (nSPS) is 16.8. The van der Waals surface area contributed by atoms with Gasteiger partial charge in [-0.25, -0.2) is 9.98 Å². The number of imidazole rings is 1. The van der Waals surface area contributed by atoms with Crippen LogP contribution < -0.4 is 20.1 Å². The van der Waals surface area contributed by atoms with Gasteiger partial charge in [0.1, 0.15) is 18.4 Å². The molecule has 0 unspecified atom stereocenters. The van der Waals surface area contributed by atoms with Crippen LogP contribution in [0.15, 0.2) is 45.0 Å². The molecule has 154 valence electrons. The van der Waals surface area contributed by atoms with Crippen LogP contribution >= 0.6 is 0 Å². The predicted octanol–water partition coefficient (Wildman–Crippen LogP) is 1.28. The van der Waals surface area contributed by atoms with E-state index in [9.17, 15) is 0 Å². The van der Waals surface area contributed by atoms with E-state index in [-0.39, 0.29) is 0 Å². The number of oxazole rings is 1. The summed E-state index contributed by atoms with van der Waals surface area (Å²) in [6, 6.07) is 8.00. The highest BCUT2D eigenvalue weighted by Crippen LogP contribution is 2.31. The second kappa shape index (κ2) is 7.66. The van der Waals surface area contributed by atoms with Gasteiger partial charge in [0, 0.05) is 32.7 Å². The molecule has 9 heteroatoms. The van der Waals surface area contributed by atoms with Crippen LogP contribution in [0.3, 0.4) is 0 Å². The molecule has 30 heavy (non-hydrogen) atoms. The van der Waals surface area contributed by atoms with Crippen molar-refractivity contribution in [2.75, 3.05) is 31.1 Å². The lowest BCUT2D eigenvalue weighted by atomic mass is 10.2. The summed E-state index contributed by atoms with van der Waals surface area (Å²) in [6.45, 7) is 3.42. The van der Waals surface area contributed by atoms with Gasteiger partial charge in [-0.05, 0) is 12.5 Å². The number of anilines is 1. The van der Waals surface area contributed by atoms with Crippen molar-refractivity contribution in [1.82, 2.24) is 20.2 Å². The van der Waals surface area contributed by atoms with Crippen molar-refractivity contribution in [3.05, 3.63) is 42.2 Å². The molecule has 2 aromatic heterocycles. The van der Waals surface area contributed by atoms with Gasteiger partial charge in [-0.2, -0.15) is 4.57 Å². The second-order valence-electron chi connectivity index (χ2n) is 7.40. The standard InChI is InChI=1S/C21H25N8O/c1-27-13-26-20-19(27)15(12-18-28(2)16-6-3-4-7-17(16)30-18)25-14-29(20)11-5-8-22-21-23-9-10-24-21/h3-4,6-7,12-14H,5,8-11H2,1-2H3,(H2,22,23,24)/q+1. The van der Waals surface area contributed by atoms with Gasteiger partial charge >= 0.3 is 5.89 Å². The van der Waals surface area contributed by atoms with Gasteiger partial charge in [0.25, 0.3) is 5.52 Å².